The monoisotopic (exact) mass is 507 g/mol. The van der Waals surface area contributed by atoms with Crippen molar-refractivity contribution in [2.75, 3.05) is 15.5 Å². The Morgan fingerprint density at radius 2 is 1.81 bits per heavy atom. The van der Waals surface area contributed by atoms with Crippen molar-refractivity contribution in [2.24, 2.45) is 5.41 Å². The van der Waals surface area contributed by atoms with E-state index in [0.717, 1.165) is 5.76 Å². The molecule has 2 atom stereocenters. The number of furan rings is 1. The fourth-order valence-electron chi connectivity index (χ4n) is 4.49. The third-order valence-corrected chi connectivity index (χ3v) is 6.72. The molecule has 36 heavy (non-hydrogen) atoms. The zero-order valence-electron chi connectivity index (χ0n) is 20.3. The molecule has 1 unspecified atom stereocenters. The van der Waals surface area contributed by atoms with Crippen LogP contribution in [0.4, 0.5) is 23.0 Å². The summed E-state index contributed by atoms with van der Waals surface area (Å²) in [6.45, 7) is 8.19. The Morgan fingerprint density at radius 3 is 2.44 bits per heavy atom. The molecule has 10 heteroatoms. The summed E-state index contributed by atoms with van der Waals surface area (Å²) in [6, 6.07) is 8.41. The highest BCUT2D eigenvalue weighted by atomic mass is 35.5. The lowest BCUT2D eigenvalue weighted by atomic mass is 9.85. The third kappa shape index (κ3) is 4.04. The van der Waals surface area contributed by atoms with Crippen LogP contribution in [0, 0.1) is 12.3 Å². The van der Waals surface area contributed by atoms with E-state index in [1.165, 1.54) is 0 Å². The molecule has 0 saturated heterocycles. The van der Waals surface area contributed by atoms with Gasteiger partial charge in [-0.25, -0.2) is 9.97 Å². The molecule has 1 aliphatic rings. The third-order valence-electron chi connectivity index (χ3n) is 6.36. The summed E-state index contributed by atoms with van der Waals surface area (Å²) in [7, 11) is 0. The summed E-state index contributed by atoms with van der Waals surface area (Å²) >= 11 is 6.45. The lowest BCUT2D eigenvalue weighted by Gasteiger charge is -2.32. The predicted molar refractivity (Wildman–Crippen MR) is 139 cm³/mol. The van der Waals surface area contributed by atoms with Crippen molar-refractivity contribution >= 4 is 34.6 Å². The number of aliphatic hydroxyl groups excluding tert-OH is 1. The van der Waals surface area contributed by atoms with Crippen LogP contribution >= 0.6 is 11.6 Å². The van der Waals surface area contributed by atoms with E-state index < -0.39 is 17.1 Å². The first-order valence-corrected chi connectivity index (χ1v) is 11.9. The van der Waals surface area contributed by atoms with Crippen molar-refractivity contribution in [3.63, 3.8) is 0 Å². The molecule has 0 saturated carbocycles. The molecule has 5 rings (SSSR count). The molecule has 0 radical (unpaired) electrons. The molecule has 1 aliphatic heterocycles. The molecule has 9 nitrogen and oxygen atoms in total. The van der Waals surface area contributed by atoms with Gasteiger partial charge >= 0.3 is 0 Å². The second-order valence-corrected chi connectivity index (χ2v) is 10.4. The summed E-state index contributed by atoms with van der Waals surface area (Å²) < 4.78 is 5.83. The standard InChI is InChI=1S/C26H26ClN5O4/c1-13-6-9-17(36-13)23(26(2,3)4)31-20-19(21(33)22(20)34)30-16-8-7-15(27)14-12-32(24(35)18(14)16)25-28-10-5-11-29-25/h5-11,23-24,30-31,35H,12H2,1-4H3/t23-,24?/m0/s1. The number of fused-ring (bicyclic) bond motifs is 1. The molecule has 3 heterocycles. The number of aryl methyl sites for hydroxylation is 1. The first-order valence-electron chi connectivity index (χ1n) is 11.5. The summed E-state index contributed by atoms with van der Waals surface area (Å²) in [4.78, 5) is 35.3. The van der Waals surface area contributed by atoms with Crippen LogP contribution in [0.3, 0.4) is 0 Å². The number of nitrogens with zero attached hydrogens (tertiary/aromatic N) is 3. The van der Waals surface area contributed by atoms with E-state index in [-0.39, 0.29) is 29.4 Å². The van der Waals surface area contributed by atoms with Gasteiger partial charge in [0.1, 0.15) is 22.9 Å². The van der Waals surface area contributed by atoms with Gasteiger partial charge in [0.2, 0.25) is 5.95 Å². The molecular weight excluding hydrogens is 482 g/mol. The number of anilines is 4. The Hall–Kier alpha value is -3.69. The van der Waals surface area contributed by atoms with Gasteiger partial charge in [-0.05, 0) is 48.2 Å². The Morgan fingerprint density at radius 1 is 1.11 bits per heavy atom. The van der Waals surface area contributed by atoms with Gasteiger partial charge in [0, 0.05) is 28.7 Å². The topological polar surface area (TPSA) is 121 Å². The predicted octanol–water partition coefficient (Wildman–Crippen LogP) is 4.58. The van der Waals surface area contributed by atoms with E-state index in [1.807, 2.05) is 39.8 Å². The normalized spacial score (nSPS) is 16.3. The smallest absolute Gasteiger partial charge is 0.253 e. The zero-order chi connectivity index (χ0) is 25.8. The Labute approximate surface area is 212 Å². The lowest BCUT2D eigenvalue weighted by molar-refractivity contribution is 0.180. The first-order chi connectivity index (χ1) is 17.1. The van der Waals surface area contributed by atoms with Gasteiger partial charge in [-0.2, -0.15) is 0 Å². The number of aliphatic hydroxyl groups is 1. The molecule has 0 aliphatic carbocycles. The van der Waals surface area contributed by atoms with E-state index in [9.17, 15) is 14.7 Å². The molecule has 3 N–H and O–H groups in total. The van der Waals surface area contributed by atoms with Crippen LogP contribution in [0.15, 0.2) is 56.7 Å². The highest BCUT2D eigenvalue weighted by molar-refractivity contribution is 6.31. The number of benzene rings is 1. The maximum absolute atomic E-state index is 12.6. The van der Waals surface area contributed by atoms with Crippen molar-refractivity contribution in [2.45, 2.75) is 46.5 Å². The molecule has 186 valence electrons. The quantitative estimate of drug-likeness (QED) is 0.322. The summed E-state index contributed by atoms with van der Waals surface area (Å²) in [5, 5.41) is 17.9. The summed E-state index contributed by atoms with van der Waals surface area (Å²) in [6.07, 6.45) is 2.08. The average Bonchev–Trinajstić information content (AvgIpc) is 3.43. The average molecular weight is 508 g/mol. The van der Waals surface area contributed by atoms with Gasteiger partial charge in [0.05, 0.1) is 12.6 Å². The fraction of sp³-hybridized carbons (Fsp3) is 0.308. The number of rotatable bonds is 6. The van der Waals surface area contributed by atoms with Crippen LogP contribution in [0.2, 0.25) is 5.02 Å². The van der Waals surface area contributed by atoms with Gasteiger partial charge < -0.3 is 25.1 Å². The van der Waals surface area contributed by atoms with Gasteiger partial charge in [-0.1, -0.05) is 32.4 Å². The van der Waals surface area contributed by atoms with Crippen molar-refractivity contribution in [1.29, 1.82) is 0 Å². The Kier molecular flexibility index (Phi) is 5.84. The second-order valence-electron chi connectivity index (χ2n) is 9.96. The molecule has 2 aromatic carbocycles. The summed E-state index contributed by atoms with van der Waals surface area (Å²) in [5.74, 6) is 1.77. The fourth-order valence-corrected chi connectivity index (χ4v) is 4.71. The molecule has 0 fully saturated rings. The van der Waals surface area contributed by atoms with Crippen LogP contribution in [-0.4, -0.2) is 15.1 Å². The van der Waals surface area contributed by atoms with Gasteiger partial charge in [0.25, 0.3) is 10.9 Å². The maximum atomic E-state index is 12.6. The highest BCUT2D eigenvalue weighted by Crippen LogP contribution is 2.43. The zero-order valence-corrected chi connectivity index (χ0v) is 21.1. The largest absolute Gasteiger partial charge is 0.464 e. The van der Waals surface area contributed by atoms with Gasteiger partial charge in [-0.3, -0.25) is 9.59 Å². The van der Waals surface area contributed by atoms with E-state index in [4.69, 9.17) is 16.0 Å². The number of aromatic nitrogens is 2. The molecule has 0 bridgehead atoms. The van der Waals surface area contributed by atoms with Crippen molar-refractivity contribution in [3.8, 4) is 0 Å². The van der Waals surface area contributed by atoms with Gasteiger partial charge in [0.15, 0.2) is 6.23 Å². The molecular formula is C26H26ClN5O4. The van der Waals surface area contributed by atoms with Crippen LogP contribution in [-0.2, 0) is 6.54 Å². The molecule has 0 spiro atoms. The molecule has 0 amide bonds. The van der Waals surface area contributed by atoms with E-state index in [0.29, 0.717) is 33.5 Å². The minimum Gasteiger partial charge on any atom is -0.464 e. The number of hydrogen-bond donors (Lipinski definition) is 3. The van der Waals surface area contributed by atoms with Crippen molar-refractivity contribution in [3.05, 3.63) is 90.8 Å². The Balaban J connectivity index is 1.49. The number of hydrogen-bond acceptors (Lipinski definition) is 9. The van der Waals surface area contributed by atoms with Crippen LogP contribution in [0.1, 0.15) is 55.7 Å². The Bertz CT molecular complexity index is 1500. The summed E-state index contributed by atoms with van der Waals surface area (Å²) in [5.41, 5.74) is 0.390. The first kappa shape index (κ1) is 24.0. The van der Waals surface area contributed by atoms with Gasteiger partial charge in [-0.15, -0.1) is 0 Å². The highest BCUT2D eigenvalue weighted by Gasteiger charge is 2.36. The van der Waals surface area contributed by atoms with E-state index in [1.54, 1.807) is 35.5 Å². The molecule has 4 aromatic rings. The van der Waals surface area contributed by atoms with Crippen molar-refractivity contribution in [1.82, 2.24) is 9.97 Å². The maximum Gasteiger partial charge on any atom is 0.253 e. The van der Waals surface area contributed by atoms with E-state index >= 15 is 0 Å². The van der Waals surface area contributed by atoms with Crippen LogP contribution < -0.4 is 26.4 Å². The SMILES string of the molecule is Cc1ccc([C@H](Nc2c(Nc3ccc(Cl)c4c3C(O)N(c3ncccn3)C4)c(=O)c2=O)C(C)(C)C)o1. The lowest BCUT2D eigenvalue weighted by Crippen LogP contribution is -2.39. The number of nitrogens with one attached hydrogen (secondary N) is 2. The van der Waals surface area contributed by atoms with Crippen molar-refractivity contribution < 1.29 is 9.52 Å². The minimum atomic E-state index is -1.10. The second kappa shape index (κ2) is 8.76. The van der Waals surface area contributed by atoms with E-state index in [2.05, 4.69) is 20.6 Å². The number of halogens is 1. The molecule has 2 aromatic heterocycles. The van der Waals surface area contributed by atoms with Crippen LogP contribution in [0.5, 0.6) is 0 Å². The van der Waals surface area contributed by atoms with Crippen LogP contribution in [0.25, 0.3) is 0 Å². The minimum absolute atomic E-state index is 0.128.